The molecule has 0 aliphatic carbocycles. The second kappa shape index (κ2) is 4.39. The number of aliphatic hydroxyl groups excluding tert-OH is 2. The van der Waals surface area contributed by atoms with Crippen LogP contribution in [-0.4, -0.2) is 46.2 Å². The van der Waals surface area contributed by atoms with Crippen LogP contribution >= 0.6 is 0 Å². The van der Waals surface area contributed by atoms with Crippen molar-refractivity contribution in [2.45, 2.75) is 25.6 Å². The first-order valence-corrected chi connectivity index (χ1v) is 3.56. The van der Waals surface area contributed by atoms with Gasteiger partial charge < -0.3 is 20.1 Å². The van der Waals surface area contributed by atoms with Crippen molar-refractivity contribution < 1.29 is 24.9 Å². The van der Waals surface area contributed by atoms with Gasteiger partial charge in [-0.05, 0) is 13.8 Å². The molecule has 0 bridgehead atoms. The van der Waals surface area contributed by atoms with Gasteiger partial charge in [-0.1, -0.05) is 0 Å². The van der Waals surface area contributed by atoms with Gasteiger partial charge in [0.15, 0.2) is 5.60 Å². The molecule has 0 amide bonds. The number of hydrogen-bond acceptors (Lipinski definition) is 5. The molecule has 72 valence electrons. The summed E-state index contributed by atoms with van der Waals surface area (Å²) in [5.74, 6) is -0.824. The minimum Gasteiger partial charge on any atom is -0.461 e. The van der Waals surface area contributed by atoms with Crippen LogP contribution in [0.1, 0.15) is 13.8 Å². The molecule has 0 fully saturated rings. The third-order valence-corrected chi connectivity index (χ3v) is 1.12. The van der Waals surface area contributed by atoms with Crippen LogP contribution in [0.5, 0.6) is 0 Å². The van der Waals surface area contributed by atoms with E-state index in [9.17, 15) is 4.79 Å². The zero-order chi connectivity index (χ0) is 9.78. The lowest BCUT2D eigenvalue weighted by Gasteiger charge is -2.16. The van der Waals surface area contributed by atoms with Gasteiger partial charge in [0.2, 0.25) is 0 Å². The van der Waals surface area contributed by atoms with E-state index < -0.39 is 24.3 Å². The van der Waals surface area contributed by atoms with Crippen molar-refractivity contribution in [3.63, 3.8) is 0 Å². The van der Waals surface area contributed by atoms with E-state index in [1.165, 1.54) is 13.8 Å². The van der Waals surface area contributed by atoms with Crippen LogP contribution in [0.15, 0.2) is 0 Å². The molecule has 0 spiro atoms. The third-order valence-electron chi connectivity index (χ3n) is 1.12. The quantitative estimate of drug-likeness (QED) is 0.463. The highest BCUT2D eigenvalue weighted by molar-refractivity contribution is 5.78. The molecule has 0 radical (unpaired) electrons. The Morgan fingerprint density at radius 1 is 1.58 bits per heavy atom. The predicted molar refractivity (Wildman–Crippen MR) is 40.3 cm³/mol. The lowest BCUT2D eigenvalue weighted by Crippen LogP contribution is -2.35. The van der Waals surface area contributed by atoms with Crippen molar-refractivity contribution in [2.24, 2.45) is 0 Å². The minimum absolute atomic E-state index is 0.306. The zero-order valence-electron chi connectivity index (χ0n) is 7.15. The Balaban J connectivity index is 3.73. The number of hydrogen-bond donors (Lipinski definition) is 3. The zero-order valence-corrected chi connectivity index (χ0v) is 7.15. The van der Waals surface area contributed by atoms with Gasteiger partial charge in [0.25, 0.3) is 0 Å². The van der Waals surface area contributed by atoms with E-state index in [1.54, 1.807) is 0 Å². The highest BCUT2D eigenvalue weighted by Gasteiger charge is 2.26. The van der Waals surface area contributed by atoms with Gasteiger partial charge in [-0.2, -0.15) is 0 Å². The molecule has 0 aromatic rings. The Kier molecular flexibility index (Phi) is 4.16. The molecule has 0 aromatic carbocycles. The maximum atomic E-state index is 10.8. The average molecular weight is 178 g/mol. The first-order chi connectivity index (χ1) is 5.38. The van der Waals surface area contributed by atoms with Crippen LogP contribution in [0.4, 0.5) is 0 Å². The van der Waals surface area contributed by atoms with Crippen molar-refractivity contribution >= 4 is 5.97 Å². The van der Waals surface area contributed by atoms with Crippen molar-refractivity contribution in [3.05, 3.63) is 0 Å². The van der Waals surface area contributed by atoms with Gasteiger partial charge in [0.1, 0.15) is 12.7 Å². The molecule has 0 aliphatic heterocycles. The molecule has 1 unspecified atom stereocenters. The van der Waals surface area contributed by atoms with E-state index >= 15 is 0 Å². The highest BCUT2D eigenvalue weighted by atomic mass is 16.6. The lowest BCUT2D eigenvalue weighted by atomic mass is 10.1. The van der Waals surface area contributed by atoms with Crippen molar-refractivity contribution in [1.29, 1.82) is 0 Å². The van der Waals surface area contributed by atoms with E-state index in [-0.39, 0.29) is 6.61 Å². The Hall–Kier alpha value is -0.650. The van der Waals surface area contributed by atoms with Gasteiger partial charge in [0, 0.05) is 0 Å². The molecule has 0 heterocycles. The van der Waals surface area contributed by atoms with Crippen molar-refractivity contribution in [3.8, 4) is 0 Å². The predicted octanol–water partition coefficient (Wildman–Crippen LogP) is -1.35. The lowest BCUT2D eigenvalue weighted by molar-refractivity contribution is -0.165. The number of ether oxygens (including phenoxy) is 1. The molecule has 0 saturated carbocycles. The molecule has 12 heavy (non-hydrogen) atoms. The molecule has 0 rings (SSSR count). The topological polar surface area (TPSA) is 87.0 Å². The summed E-state index contributed by atoms with van der Waals surface area (Å²) in [5.41, 5.74) is -1.56. The van der Waals surface area contributed by atoms with E-state index in [2.05, 4.69) is 4.74 Å². The highest BCUT2D eigenvalue weighted by Crippen LogP contribution is 2.03. The molecule has 1 atom stereocenters. The average Bonchev–Trinajstić information content (AvgIpc) is 1.97. The van der Waals surface area contributed by atoms with Crippen molar-refractivity contribution in [2.75, 3.05) is 13.2 Å². The molecule has 5 nitrogen and oxygen atoms in total. The Bertz CT molecular complexity index is 148. The fraction of sp³-hybridized carbons (Fsp3) is 0.857. The Morgan fingerprint density at radius 3 is 2.42 bits per heavy atom. The summed E-state index contributed by atoms with van der Waals surface area (Å²) in [6, 6.07) is 0. The summed E-state index contributed by atoms with van der Waals surface area (Å²) in [7, 11) is 0. The second-order valence-electron chi connectivity index (χ2n) is 2.99. The van der Waals surface area contributed by atoms with Crippen LogP contribution in [0.2, 0.25) is 0 Å². The van der Waals surface area contributed by atoms with Gasteiger partial charge in [-0.15, -0.1) is 0 Å². The summed E-state index contributed by atoms with van der Waals surface area (Å²) in [6.45, 7) is 1.78. The van der Waals surface area contributed by atoms with Gasteiger partial charge in [-0.25, -0.2) is 4.79 Å². The summed E-state index contributed by atoms with van der Waals surface area (Å²) in [4.78, 5) is 10.8. The molecular formula is C7H14O5. The van der Waals surface area contributed by atoms with Crippen LogP contribution < -0.4 is 0 Å². The fourth-order valence-electron chi connectivity index (χ4n) is 0.401. The van der Waals surface area contributed by atoms with Crippen LogP contribution in [0, 0.1) is 0 Å². The summed E-state index contributed by atoms with van der Waals surface area (Å²) >= 11 is 0. The Labute approximate surface area is 70.6 Å². The number of esters is 1. The third kappa shape index (κ3) is 4.27. The van der Waals surface area contributed by atoms with Crippen molar-refractivity contribution in [1.82, 2.24) is 0 Å². The van der Waals surface area contributed by atoms with Crippen LogP contribution in [0.3, 0.4) is 0 Å². The number of aliphatic hydroxyl groups is 3. The van der Waals surface area contributed by atoms with Gasteiger partial charge >= 0.3 is 5.97 Å². The molecule has 3 N–H and O–H groups in total. The smallest absolute Gasteiger partial charge is 0.337 e. The summed E-state index contributed by atoms with van der Waals surface area (Å²) in [5, 5.41) is 26.2. The van der Waals surface area contributed by atoms with Crippen LogP contribution in [-0.2, 0) is 9.53 Å². The van der Waals surface area contributed by atoms with E-state index in [0.717, 1.165) is 0 Å². The minimum atomic E-state index is -1.56. The maximum Gasteiger partial charge on any atom is 0.337 e. The SMILES string of the molecule is CC(C)(O)C(=O)OCC(O)CO. The number of carbonyl (C=O) groups excluding carboxylic acids is 1. The molecule has 0 saturated heterocycles. The fourth-order valence-corrected chi connectivity index (χ4v) is 0.401. The van der Waals surface area contributed by atoms with Gasteiger partial charge in [0.05, 0.1) is 6.61 Å². The first-order valence-electron chi connectivity index (χ1n) is 3.56. The van der Waals surface area contributed by atoms with E-state index in [4.69, 9.17) is 15.3 Å². The summed E-state index contributed by atoms with van der Waals surface area (Å²) < 4.78 is 4.46. The normalized spacial score (nSPS) is 14.1. The monoisotopic (exact) mass is 178 g/mol. The maximum absolute atomic E-state index is 10.8. The van der Waals surface area contributed by atoms with E-state index in [1.807, 2.05) is 0 Å². The second-order valence-corrected chi connectivity index (χ2v) is 2.99. The first kappa shape index (κ1) is 11.4. The van der Waals surface area contributed by atoms with E-state index in [0.29, 0.717) is 0 Å². The molecule has 5 heteroatoms. The standard InChI is InChI=1S/C7H14O5/c1-7(2,11)6(10)12-4-5(9)3-8/h5,8-9,11H,3-4H2,1-2H3. The molecule has 0 aliphatic rings. The number of rotatable bonds is 4. The summed E-state index contributed by atoms with van der Waals surface area (Å²) in [6.07, 6.45) is -1.09. The largest absolute Gasteiger partial charge is 0.461 e. The van der Waals surface area contributed by atoms with Gasteiger partial charge in [-0.3, -0.25) is 0 Å². The Morgan fingerprint density at radius 2 is 2.08 bits per heavy atom. The molecular weight excluding hydrogens is 164 g/mol. The number of carbonyl (C=O) groups is 1. The van der Waals surface area contributed by atoms with Crippen LogP contribution in [0.25, 0.3) is 0 Å². The molecule has 0 aromatic heterocycles.